The van der Waals surface area contributed by atoms with Gasteiger partial charge in [-0.25, -0.2) is 0 Å². The fourth-order valence-electron chi connectivity index (χ4n) is 6.44. The van der Waals surface area contributed by atoms with Crippen molar-refractivity contribution in [1.29, 1.82) is 0 Å². The molecule has 2 aliphatic heterocycles. The van der Waals surface area contributed by atoms with E-state index < -0.39 is 23.1 Å². The third kappa shape index (κ3) is 6.72. The summed E-state index contributed by atoms with van der Waals surface area (Å²) in [5.74, 6) is -1.81. The number of phenols is 2. The largest absolute Gasteiger partial charge is 0.508 e. The molecule has 2 fully saturated rings. The Kier molecular flexibility index (Phi) is 8.99. The second-order valence-electron chi connectivity index (χ2n) is 11.9. The van der Waals surface area contributed by atoms with Crippen LogP contribution in [0.25, 0.3) is 11.0 Å². The van der Waals surface area contributed by atoms with Crippen molar-refractivity contribution in [2.24, 2.45) is 0 Å². The van der Waals surface area contributed by atoms with E-state index in [1.54, 1.807) is 29.2 Å². The quantitative estimate of drug-likeness (QED) is 0.252. The zero-order valence-corrected chi connectivity index (χ0v) is 25.8. The van der Waals surface area contributed by atoms with Crippen molar-refractivity contribution < 1.29 is 29.0 Å². The van der Waals surface area contributed by atoms with Gasteiger partial charge in [-0.05, 0) is 54.0 Å². The Hall–Kier alpha value is -4.83. The minimum Gasteiger partial charge on any atom is -0.508 e. The molecule has 3 amide bonds. The number of fused-ring (bicyclic) bond motifs is 1. The summed E-state index contributed by atoms with van der Waals surface area (Å²) in [4.78, 5) is 56.0. The van der Waals surface area contributed by atoms with Gasteiger partial charge in [0, 0.05) is 62.2 Å². The van der Waals surface area contributed by atoms with Crippen LogP contribution >= 0.6 is 11.6 Å². The predicted octanol–water partition coefficient (Wildman–Crippen LogP) is 4.73. The summed E-state index contributed by atoms with van der Waals surface area (Å²) >= 11 is 6.07. The second-order valence-corrected chi connectivity index (χ2v) is 12.3. The Morgan fingerprint density at radius 1 is 0.978 bits per heavy atom. The number of piperidine rings is 1. The maximum absolute atomic E-state index is 14.0. The number of amides is 3. The number of nitrogens with one attached hydrogen (secondary N) is 1. The molecule has 3 N–H and O–H groups in total. The van der Waals surface area contributed by atoms with Crippen molar-refractivity contribution in [1.82, 2.24) is 15.1 Å². The first kappa shape index (κ1) is 31.2. The van der Waals surface area contributed by atoms with Crippen molar-refractivity contribution in [2.45, 2.75) is 50.6 Å². The topological polar surface area (TPSA) is 140 Å². The van der Waals surface area contributed by atoms with Crippen molar-refractivity contribution in [3.05, 3.63) is 104 Å². The van der Waals surface area contributed by atoms with Crippen LogP contribution in [0.5, 0.6) is 11.5 Å². The molecular weight excluding hydrogens is 610 g/mol. The van der Waals surface area contributed by atoms with Crippen molar-refractivity contribution >= 4 is 40.3 Å². The van der Waals surface area contributed by atoms with Gasteiger partial charge in [-0.15, -0.1) is 0 Å². The standard InChI is InChI=1S/C35H34ClN3O7/c36-24-9-7-21(8-10-24)16-27(37-34(44)31-19-29(42)33-28(41)17-25(40)18-30(33)46-31)35(45)38-14-11-22(12-15-38)26-5-2-1-4-23(26)20-39-13-3-6-32(39)43/h1-2,4-5,7-10,17-19,22,27,40-41H,3,6,11-16,20H2,(H,37,44)/t27-/m0/s1. The Bertz CT molecular complexity index is 1850. The molecular formula is C35H34ClN3O7. The number of rotatable bonds is 8. The number of hydrogen-bond donors (Lipinski definition) is 3. The van der Waals surface area contributed by atoms with E-state index >= 15 is 0 Å². The van der Waals surface area contributed by atoms with Crippen LogP contribution in [-0.2, 0) is 22.6 Å². The SMILES string of the molecule is O=C(N[C@@H](Cc1ccc(Cl)cc1)C(=O)N1CCC(c2ccccc2CN2CCCC2=O)CC1)c1cc(=O)c2c(O)cc(O)cc2o1. The first-order valence-electron chi connectivity index (χ1n) is 15.4. The fourth-order valence-corrected chi connectivity index (χ4v) is 6.56. The molecule has 6 rings (SSSR count). The van der Waals surface area contributed by atoms with E-state index in [2.05, 4.69) is 17.4 Å². The average molecular weight is 644 g/mol. The molecule has 0 unspecified atom stereocenters. The lowest BCUT2D eigenvalue weighted by Crippen LogP contribution is -2.51. The lowest BCUT2D eigenvalue weighted by molar-refractivity contribution is -0.134. The van der Waals surface area contributed by atoms with Gasteiger partial charge in [0.05, 0.1) is 0 Å². The third-order valence-electron chi connectivity index (χ3n) is 8.81. The summed E-state index contributed by atoms with van der Waals surface area (Å²) in [7, 11) is 0. The van der Waals surface area contributed by atoms with Gasteiger partial charge >= 0.3 is 0 Å². The maximum Gasteiger partial charge on any atom is 0.287 e. The molecule has 1 aromatic heterocycles. The van der Waals surface area contributed by atoms with Crippen LogP contribution in [0, 0.1) is 0 Å². The second kappa shape index (κ2) is 13.3. The summed E-state index contributed by atoms with van der Waals surface area (Å²) in [5.41, 5.74) is 2.28. The highest BCUT2D eigenvalue weighted by molar-refractivity contribution is 6.30. The van der Waals surface area contributed by atoms with E-state index in [1.165, 1.54) is 5.56 Å². The minimum atomic E-state index is -0.975. The fraction of sp³-hybridized carbons (Fsp3) is 0.314. The minimum absolute atomic E-state index is 0.160. The van der Waals surface area contributed by atoms with Crippen LogP contribution in [-0.4, -0.2) is 63.4 Å². The van der Waals surface area contributed by atoms with Gasteiger partial charge in [-0.1, -0.05) is 48.0 Å². The average Bonchev–Trinajstić information content (AvgIpc) is 3.44. The van der Waals surface area contributed by atoms with Gasteiger partial charge in [0.1, 0.15) is 28.5 Å². The molecule has 46 heavy (non-hydrogen) atoms. The van der Waals surface area contributed by atoms with Crippen LogP contribution in [0.3, 0.4) is 0 Å². The summed E-state index contributed by atoms with van der Waals surface area (Å²) in [6, 6.07) is 17.3. The Balaban J connectivity index is 1.19. The molecule has 0 spiro atoms. The zero-order valence-electron chi connectivity index (χ0n) is 25.1. The van der Waals surface area contributed by atoms with Crippen LogP contribution < -0.4 is 10.7 Å². The lowest BCUT2D eigenvalue weighted by Gasteiger charge is -2.35. The summed E-state index contributed by atoms with van der Waals surface area (Å²) in [6.45, 7) is 2.33. The molecule has 238 valence electrons. The molecule has 4 aromatic rings. The smallest absolute Gasteiger partial charge is 0.287 e. The van der Waals surface area contributed by atoms with Crippen molar-refractivity contribution in [3.63, 3.8) is 0 Å². The molecule has 0 radical (unpaired) electrons. The van der Waals surface area contributed by atoms with E-state index in [-0.39, 0.29) is 46.6 Å². The monoisotopic (exact) mass is 643 g/mol. The zero-order chi connectivity index (χ0) is 32.4. The maximum atomic E-state index is 14.0. The molecule has 3 heterocycles. The summed E-state index contributed by atoms with van der Waals surface area (Å²) < 4.78 is 5.59. The molecule has 0 saturated carbocycles. The molecule has 0 aliphatic carbocycles. The molecule has 11 heteroatoms. The van der Waals surface area contributed by atoms with Gasteiger partial charge in [0.15, 0.2) is 11.2 Å². The summed E-state index contributed by atoms with van der Waals surface area (Å²) in [6.07, 6.45) is 3.11. The van der Waals surface area contributed by atoms with E-state index in [0.29, 0.717) is 31.1 Å². The van der Waals surface area contributed by atoms with Crippen LogP contribution in [0.1, 0.15) is 58.8 Å². The molecule has 0 bridgehead atoms. The molecule has 2 aliphatic rings. The predicted molar refractivity (Wildman–Crippen MR) is 172 cm³/mol. The van der Waals surface area contributed by atoms with E-state index in [4.69, 9.17) is 16.0 Å². The van der Waals surface area contributed by atoms with Crippen LogP contribution in [0.2, 0.25) is 5.02 Å². The van der Waals surface area contributed by atoms with E-state index in [1.807, 2.05) is 17.0 Å². The Morgan fingerprint density at radius 3 is 2.43 bits per heavy atom. The van der Waals surface area contributed by atoms with Crippen LogP contribution in [0.15, 0.2) is 75.9 Å². The van der Waals surface area contributed by atoms with Crippen molar-refractivity contribution in [2.75, 3.05) is 19.6 Å². The first-order valence-corrected chi connectivity index (χ1v) is 15.7. The highest BCUT2D eigenvalue weighted by atomic mass is 35.5. The van der Waals surface area contributed by atoms with E-state index in [9.17, 15) is 29.4 Å². The number of aromatic hydroxyl groups is 2. The third-order valence-corrected chi connectivity index (χ3v) is 9.06. The normalized spacial score (nSPS) is 16.2. The molecule has 1 atom stereocenters. The Labute approximate surface area is 270 Å². The van der Waals surface area contributed by atoms with Gasteiger partial charge < -0.3 is 29.7 Å². The number of halogens is 1. The number of phenolic OH excluding ortho intramolecular Hbond substituents is 2. The number of benzene rings is 3. The highest BCUT2D eigenvalue weighted by Gasteiger charge is 2.32. The highest BCUT2D eigenvalue weighted by Crippen LogP contribution is 2.32. The number of hydrogen-bond acceptors (Lipinski definition) is 7. The van der Waals surface area contributed by atoms with Gasteiger partial charge in [0.2, 0.25) is 11.8 Å². The van der Waals surface area contributed by atoms with Gasteiger partial charge in [-0.2, -0.15) is 0 Å². The first-order chi connectivity index (χ1) is 22.2. The summed E-state index contributed by atoms with van der Waals surface area (Å²) in [5, 5.41) is 23.1. The van der Waals surface area contributed by atoms with E-state index in [0.717, 1.165) is 55.1 Å². The number of likely N-dealkylation sites (tertiary alicyclic amines) is 2. The lowest BCUT2D eigenvalue weighted by atomic mass is 9.86. The number of carbonyl (C=O) groups is 3. The van der Waals surface area contributed by atoms with Gasteiger partial charge in [0.25, 0.3) is 5.91 Å². The number of nitrogens with zero attached hydrogens (tertiary/aromatic N) is 2. The Morgan fingerprint density at radius 2 is 1.72 bits per heavy atom. The van der Waals surface area contributed by atoms with Gasteiger partial charge in [-0.3, -0.25) is 19.2 Å². The molecule has 3 aromatic carbocycles. The molecule has 2 saturated heterocycles. The van der Waals surface area contributed by atoms with Crippen LogP contribution in [0.4, 0.5) is 0 Å². The van der Waals surface area contributed by atoms with Crippen molar-refractivity contribution in [3.8, 4) is 11.5 Å². The molecule has 10 nitrogen and oxygen atoms in total. The number of carbonyl (C=O) groups excluding carboxylic acids is 3.